The van der Waals surface area contributed by atoms with Gasteiger partial charge in [0.15, 0.2) is 0 Å². The van der Waals surface area contributed by atoms with E-state index in [0.29, 0.717) is 0 Å². The van der Waals surface area contributed by atoms with Crippen molar-refractivity contribution in [3.63, 3.8) is 0 Å². The molecule has 2 aromatic carbocycles. The van der Waals surface area contributed by atoms with Crippen LogP contribution in [0.2, 0.25) is 0 Å². The van der Waals surface area contributed by atoms with Crippen molar-refractivity contribution in [1.82, 2.24) is 0 Å². The molecule has 0 aliphatic heterocycles. The largest absolute Gasteiger partial charge is 0.497 e. The number of hydrogen-bond donors (Lipinski definition) is 2. The van der Waals surface area contributed by atoms with E-state index in [4.69, 9.17) is 9.47 Å². The predicted molar refractivity (Wildman–Crippen MR) is 108 cm³/mol. The maximum Gasteiger partial charge on any atom is 0.285 e. The first-order valence-electron chi connectivity index (χ1n) is 8.42. The fourth-order valence-corrected chi connectivity index (χ4v) is 2.98. The topological polar surface area (TPSA) is 137 Å². The number of carbonyl (C=O) groups excluding carboxylic acids is 1. The van der Waals surface area contributed by atoms with Gasteiger partial charge < -0.3 is 14.8 Å². The zero-order valence-electron chi connectivity index (χ0n) is 16.3. The van der Waals surface area contributed by atoms with E-state index >= 15 is 0 Å². The summed E-state index contributed by atoms with van der Waals surface area (Å²) in [5.41, 5.74) is -0.0826. The van der Waals surface area contributed by atoms with Gasteiger partial charge in [0.2, 0.25) is 10.0 Å². The first-order valence-corrected chi connectivity index (χ1v) is 10.3. The Morgan fingerprint density at radius 1 is 1.17 bits per heavy atom. The minimum atomic E-state index is -3.54. The monoisotopic (exact) mass is 423 g/mol. The lowest BCUT2D eigenvalue weighted by Gasteiger charge is -2.16. The normalized spacial score (nSPS) is 11.1. The Kier molecular flexibility index (Phi) is 6.64. The van der Waals surface area contributed by atoms with Gasteiger partial charge in [-0.2, -0.15) is 0 Å². The number of nitro benzene ring substituents is 1. The molecule has 0 aliphatic carbocycles. The zero-order valence-corrected chi connectivity index (χ0v) is 17.1. The second-order valence-electron chi connectivity index (χ2n) is 6.35. The third-order valence-electron chi connectivity index (χ3n) is 3.54. The van der Waals surface area contributed by atoms with Gasteiger partial charge in [0, 0.05) is 11.8 Å². The molecule has 0 radical (unpaired) electrons. The number of carbonyl (C=O) groups is 1. The lowest BCUT2D eigenvalue weighted by molar-refractivity contribution is -0.385. The Morgan fingerprint density at radius 3 is 2.41 bits per heavy atom. The van der Waals surface area contributed by atoms with E-state index in [1.165, 1.54) is 37.4 Å². The summed E-state index contributed by atoms with van der Waals surface area (Å²) in [7, 11) is -2.18. The summed E-state index contributed by atoms with van der Waals surface area (Å²) in [6.07, 6.45) is 0.744. The molecule has 0 bridgehead atoms. The van der Waals surface area contributed by atoms with Crippen LogP contribution in [0, 0.1) is 10.1 Å². The summed E-state index contributed by atoms with van der Waals surface area (Å²) in [6, 6.07) is 8.19. The molecule has 0 saturated heterocycles. The molecule has 0 saturated carbocycles. The Hall–Kier alpha value is -3.34. The predicted octanol–water partition coefficient (Wildman–Crippen LogP) is 3.01. The molecule has 1 amide bonds. The SMILES string of the molecule is COc1ccc(C(=O)Nc2ccc(NS(C)(=O)=O)c(OC(C)C)c2)c([N+](=O)[O-])c1. The third kappa shape index (κ3) is 6.07. The quantitative estimate of drug-likeness (QED) is 0.492. The van der Waals surface area contributed by atoms with Gasteiger partial charge in [0.1, 0.15) is 17.1 Å². The van der Waals surface area contributed by atoms with Gasteiger partial charge in [-0.1, -0.05) is 0 Å². The molecule has 0 aromatic heterocycles. The molecular weight excluding hydrogens is 402 g/mol. The molecule has 156 valence electrons. The van der Waals surface area contributed by atoms with Crippen LogP contribution >= 0.6 is 0 Å². The molecule has 0 atom stereocenters. The van der Waals surface area contributed by atoms with Crippen molar-refractivity contribution < 1.29 is 27.6 Å². The van der Waals surface area contributed by atoms with Crippen LogP contribution in [0.1, 0.15) is 24.2 Å². The summed E-state index contributed by atoms with van der Waals surface area (Å²) >= 11 is 0. The van der Waals surface area contributed by atoms with Crippen LogP contribution in [0.25, 0.3) is 0 Å². The maximum absolute atomic E-state index is 12.6. The number of benzene rings is 2. The Bertz CT molecular complexity index is 1040. The molecule has 2 aromatic rings. The number of hydrogen-bond acceptors (Lipinski definition) is 7. The second-order valence-corrected chi connectivity index (χ2v) is 8.09. The van der Waals surface area contributed by atoms with Crippen molar-refractivity contribution in [3.05, 3.63) is 52.1 Å². The summed E-state index contributed by atoms with van der Waals surface area (Å²) in [5.74, 6) is -0.261. The second kappa shape index (κ2) is 8.78. The van der Waals surface area contributed by atoms with Crippen LogP contribution in [-0.4, -0.2) is 38.7 Å². The van der Waals surface area contributed by atoms with Crippen molar-refractivity contribution in [3.8, 4) is 11.5 Å². The highest BCUT2D eigenvalue weighted by molar-refractivity contribution is 7.92. The summed E-state index contributed by atoms with van der Waals surface area (Å²) in [4.78, 5) is 23.2. The number of methoxy groups -OCH3 is 1. The van der Waals surface area contributed by atoms with Crippen LogP contribution in [0.3, 0.4) is 0 Å². The average Bonchev–Trinajstić information content (AvgIpc) is 2.61. The highest BCUT2D eigenvalue weighted by atomic mass is 32.2. The molecule has 0 heterocycles. The molecule has 2 N–H and O–H groups in total. The van der Waals surface area contributed by atoms with E-state index in [2.05, 4.69) is 10.0 Å². The molecule has 2 rings (SSSR count). The standard InChI is InChI=1S/C18H21N3O7S/c1-11(2)28-17-9-12(5-8-15(17)20-29(4,25)26)19-18(22)14-7-6-13(27-3)10-16(14)21(23)24/h5-11,20H,1-4H3,(H,19,22). The van der Waals surface area contributed by atoms with Crippen LogP contribution in [0.4, 0.5) is 17.1 Å². The first kappa shape index (κ1) is 22.0. The molecule has 0 fully saturated rings. The highest BCUT2D eigenvalue weighted by Gasteiger charge is 2.22. The lowest BCUT2D eigenvalue weighted by atomic mass is 10.1. The average molecular weight is 423 g/mol. The van der Waals surface area contributed by atoms with Crippen molar-refractivity contribution >= 4 is 33.0 Å². The first-order chi connectivity index (χ1) is 13.5. The van der Waals surface area contributed by atoms with Crippen molar-refractivity contribution in [2.24, 2.45) is 0 Å². The smallest absolute Gasteiger partial charge is 0.285 e. The number of anilines is 2. The molecule has 11 heteroatoms. The number of rotatable bonds is 8. The number of ether oxygens (including phenoxy) is 2. The van der Waals surface area contributed by atoms with E-state index in [-0.39, 0.29) is 34.5 Å². The minimum absolute atomic E-state index is 0.152. The number of amides is 1. The van der Waals surface area contributed by atoms with Gasteiger partial charge in [0.05, 0.1) is 36.1 Å². The van der Waals surface area contributed by atoms with E-state index in [1.807, 2.05) is 0 Å². The fraction of sp³-hybridized carbons (Fsp3) is 0.278. The van der Waals surface area contributed by atoms with Gasteiger partial charge in [-0.05, 0) is 38.1 Å². The molecular formula is C18H21N3O7S. The van der Waals surface area contributed by atoms with Crippen LogP contribution in [-0.2, 0) is 10.0 Å². The van der Waals surface area contributed by atoms with Gasteiger partial charge in [-0.15, -0.1) is 0 Å². The van der Waals surface area contributed by atoms with E-state index in [9.17, 15) is 23.3 Å². The Labute approximate surface area is 168 Å². The number of nitrogens with one attached hydrogen (secondary N) is 2. The number of nitro groups is 1. The summed E-state index contributed by atoms with van der Waals surface area (Å²) in [5, 5.41) is 13.8. The number of nitrogens with zero attached hydrogens (tertiary/aromatic N) is 1. The molecule has 29 heavy (non-hydrogen) atoms. The zero-order chi connectivity index (χ0) is 21.8. The van der Waals surface area contributed by atoms with Crippen LogP contribution in [0.15, 0.2) is 36.4 Å². The van der Waals surface area contributed by atoms with E-state index in [0.717, 1.165) is 12.3 Å². The Morgan fingerprint density at radius 2 is 1.86 bits per heavy atom. The molecule has 0 unspecified atom stereocenters. The van der Waals surface area contributed by atoms with Gasteiger partial charge in [-0.3, -0.25) is 19.6 Å². The third-order valence-corrected chi connectivity index (χ3v) is 4.13. The fourth-order valence-electron chi connectivity index (χ4n) is 2.42. The van der Waals surface area contributed by atoms with Gasteiger partial charge >= 0.3 is 0 Å². The van der Waals surface area contributed by atoms with E-state index in [1.54, 1.807) is 13.8 Å². The van der Waals surface area contributed by atoms with Crippen molar-refractivity contribution in [1.29, 1.82) is 0 Å². The summed E-state index contributed by atoms with van der Waals surface area (Å²) in [6.45, 7) is 3.52. The van der Waals surface area contributed by atoms with Crippen LogP contribution in [0.5, 0.6) is 11.5 Å². The van der Waals surface area contributed by atoms with E-state index < -0.39 is 26.5 Å². The maximum atomic E-state index is 12.6. The van der Waals surface area contributed by atoms with Gasteiger partial charge in [0.25, 0.3) is 11.6 Å². The molecule has 10 nitrogen and oxygen atoms in total. The summed E-state index contributed by atoms with van der Waals surface area (Å²) < 4.78 is 36.0. The lowest BCUT2D eigenvalue weighted by Crippen LogP contribution is -2.16. The van der Waals surface area contributed by atoms with Crippen molar-refractivity contribution in [2.75, 3.05) is 23.4 Å². The van der Waals surface area contributed by atoms with Gasteiger partial charge in [-0.25, -0.2) is 8.42 Å². The number of sulfonamides is 1. The minimum Gasteiger partial charge on any atom is -0.497 e. The van der Waals surface area contributed by atoms with Crippen molar-refractivity contribution in [2.45, 2.75) is 20.0 Å². The Balaban J connectivity index is 2.36. The molecule has 0 aliphatic rings. The van der Waals surface area contributed by atoms with Crippen LogP contribution < -0.4 is 19.5 Å². The highest BCUT2D eigenvalue weighted by Crippen LogP contribution is 2.31. The molecule has 0 spiro atoms.